The Bertz CT molecular complexity index is 2430. The first kappa shape index (κ1) is 39.8. The summed E-state index contributed by atoms with van der Waals surface area (Å²) in [7, 11) is 1.81. The largest absolute Gasteiger partial charge is 0.477 e. The van der Waals surface area contributed by atoms with Crippen molar-refractivity contribution in [3.8, 4) is 17.1 Å². The van der Waals surface area contributed by atoms with E-state index < -0.39 is 35.3 Å². The zero-order valence-corrected chi connectivity index (χ0v) is 33.2. The van der Waals surface area contributed by atoms with Gasteiger partial charge in [-0.25, -0.2) is 23.2 Å². The Labute approximate surface area is 339 Å². The van der Waals surface area contributed by atoms with E-state index in [2.05, 4.69) is 32.5 Å². The predicted octanol–water partition coefficient (Wildman–Crippen LogP) is 5.86. The molecule has 0 saturated carbocycles. The summed E-state index contributed by atoms with van der Waals surface area (Å²) in [4.78, 5) is 62.7. The van der Waals surface area contributed by atoms with Crippen LogP contribution in [0.15, 0.2) is 48.7 Å². The number of rotatable bonds is 6. The van der Waals surface area contributed by atoms with Gasteiger partial charge >= 0.3 is 5.97 Å². The fraction of sp³-hybridized carbons (Fsp3) is 0.419. The van der Waals surface area contributed by atoms with Crippen LogP contribution in [-0.4, -0.2) is 85.3 Å². The second kappa shape index (κ2) is 16.7. The summed E-state index contributed by atoms with van der Waals surface area (Å²) in [6, 6.07) is 11.2. The van der Waals surface area contributed by atoms with Crippen LogP contribution in [0.2, 0.25) is 0 Å². The molecular weight excluding hydrogens is 763 g/mol. The van der Waals surface area contributed by atoms with E-state index in [1.807, 2.05) is 18.5 Å². The number of fused-ring (bicyclic) bond motifs is 7. The number of hydrogen-bond acceptors (Lipinski definition) is 10. The van der Waals surface area contributed by atoms with Gasteiger partial charge in [0, 0.05) is 56.5 Å². The molecule has 14 nitrogen and oxygen atoms in total. The highest BCUT2D eigenvalue weighted by atomic mass is 19.1. The number of esters is 1. The number of aromatic nitrogens is 5. The summed E-state index contributed by atoms with van der Waals surface area (Å²) in [5, 5.41) is 9.55. The van der Waals surface area contributed by atoms with E-state index >= 15 is 8.78 Å². The molecule has 2 bridgehead atoms. The third-order valence-electron chi connectivity index (χ3n) is 11.4. The number of carbonyl (C=O) groups is 4. The molecule has 308 valence electrons. The van der Waals surface area contributed by atoms with E-state index in [1.54, 1.807) is 41.2 Å². The van der Waals surface area contributed by atoms with Crippen LogP contribution < -0.4 is 15.4 Å². The van der Waals surface area contributed by atoms with E-state index in [9.17, 15) is 19.2 Å². The Hall–Kier alpha value is -6.03. The molecule has 2 fully saturated rings. The van der Waals surface area contributed by atoms with Crippen molar-refractivity contribution in [3.63, 3.8) is 0 Å². The van der Waals surface area contributed by atoms with Gasteiger partial charge in [-0.3, -0.25) is 30.0 Å². The number of nitrogens with one attached hydrogen (secondary N) is 2. The molecule has 6 heterocycles. The second-order valence-corrected chi connectivity index (χ2v) is 15.8. The molecule has 0 radical (unpaired) electrons. The molecule has 5 aromatic rings. The molecule has 8 rings (SSSR count). The van der Waals surface area contributed by atoms with Gasteiger partial charge in [0.05, 0.1) is 46.6 Å². The van der Waals surface area contributed by atoms with Crippen molar-refractivity contribution in [2.24, 2.45) is 13.0 Å². The summed E-state index contributed by atoms with van der Waals surface area (Å²) < 4.78 is 45.9. The highest BCUT2D eigenvalue weighted by Crippen LogP contribution is 2.32. The molecule has 2 atom stereocenters. The highest BCUT2D eigenvalue weighted by Gasteiger charge is 2.33. The summed E-state index contributed by atoms with van der Waals surface area (Å²) in [5.74, 6) is -3.43. The van der Waals surface area contributed by atoms with Crippen molar-refractivity contribution in [2.75, 3.05) is 31.6 Å². The lowest BCUT2D eigenvalue weighted by molar-refractivity contribution is -0.134. The van der Waals surface area contributed by atoms with Gasteiger partial charge in [0.1, 0.15) is 17.7 Å². The van der Waals surface area contributed by atoms with Gasteiger partial charge in [-0.15, -0.1) is 0 Å². The number of ether oxygens (including phenoxy) is 2. The molecule has 3 aliphatic heterocycles. The maximum absolute atomic E-state index is 15.1. The molecule has 0 spiro atoms. The van der Waals surface area contributed by atoms with E-state index in [1.165, 1.54) is 12.1 Å². The highest BCUT2D eigenvalue weighted by molar-refractivity contribution is 6.05. The van der Waals surface area contributed by atoms with Crippen molar-refractivity contribution >= 4 is 40.7 Å². The number of carbonyl (C=O) groups excluding carboxylic acids is 4. The van der Waals surface area contributed by atoms with Gasteiger partial charge in [0.25, 0.3) is 5.91 Å². The molecule has 0 aliphatic carbocycles. The number of imidazole rings is 1. The van der Waals surface area contributed by atoms with Crippen molar-refractivity contribution in [2.45, 2.75) is 77.4 Å². The molecule has 2 N–H and O–H groups in total. The fourth-order valence-corrected chi connectivity index (χ4v) is 8.26. The van der Waals surface area contributed by atoms with E-state index in [-0.39, 0.29) is 36.3 Å². The lowest BCUT2D eigenvalue weighted by Gasteiger charge is -2.31. The topological polar surface area (TPSA) is 163 Å². The Kier molecular flexibility index (Phi) is 11.2. The van der Waals surface area contributed by atoms with E-state index in [0.717, 1.165) is 12.8 Å². The Balaban J connectivity index is 0.923. The van der Waals surface area contributed by atoms with E-state index in [0.29, 0.717) is 109 Å². The lowest BCUT2D eigenvalue weighted by Crippen LogP contribution is -2.40. The number of aryl methyl sites for hydroxylation is 2. The smallest absolute Gasteiger partial charge is 0.338 e. The van der Waals surface area contributed by atoms with Crippen LogP contribution in [0.1, 0.15) is 88.9 Å². The summed E-state index contributed by atoms with van der Waals surface area (Å²) in [6.45, 7) is 6.78. The summed E-state index contributed by atoms with van der Waals surface area (Å²) in [6.07, 6.45) is 4.67. The second-order valence-electron chi connectivity index (χ2n) is 15.8. The van der Waals surface area contributed by atoms with Crippen LogP contribution in [0.5, 0.6) is 5.88 Å². The van der Waals surface area contributed by atoms with Crippen molar-refractivity contribution in [3.05, 3.63) is 88.2 Å². The first-order valence-electron chi connectivity index (χ1n) is 20.1. The number of benzene rings is 2. The minimum Gasteiger partial charge on any atom is -0.477 e. The van der Waals surface area contributed by atoms with Crippen LogP contribution in [0.4, 0.5) is 14.7 Å². The predicted molar refractivity (Wildman–Crippen MR) is 213 cm³/mol. The molecule has 2 saturated heterocycles. The summed E-state index contributed by atoms with van der Waals surface area (Å²) >= 11 is 0. The SMILES string of the molecule is Cc1cc2cc(n1)-c1cnn(C)c1OCCC[C@@H](C)Cn1c(nc3ccc(C(=O)OC4CCN(CCc5cc(F)c([C@H]6CCC(=O)NC6=O)c(F)c5)CC4)cc31)NC2=O. The van der Waals surface area contributed by atoms with Gasteiger partial charge in [-0.1, -0.05) is 6.92 Å². The molecule has 3 amide bonds. The lowest BCUT2D eigenvalue weighted by atomic mass is 9.89. The molecule has 3 aromatic heterocycles. The van der Waals surface area contributed by atoms with Crippen LogP contribution in [0.25, 0.3) is 22.3 Å². The first-order chi connectivity index (χ1) is 28.4. The number of pyridine rings is 1. The van der Waals surface area contributed by atoms with Crippen LogP contribution in [0, 0.1) is 24.5 Å². The van der Waals surface area contributed by atoms with Gasteiger partial charge in [0.15, 0.2) is 0 Å². The third kappa shape index (κ3) is 8.58. The zero-order valence-electron chi connectivity index (χ0n) is 33.2. The third-order valence-corrected chi connectivity index (χ3v) is 11.4. The van der Waals surface area contributed by atoms with Gasteiger partial charge < -0.3 is 18.9 Å². The quantitative estimate of drug-likeness (QED) is 0.157. The fourth-order valence-electron chi connectivity index (χ4n) is 8.26. The molecule has 59 heavy (non-hydrogen) atoms. The number of halogens is 2. The number of hydrogen-bond donors (Lipinski definition) is 2. The minimum absolute atomic E-state index is 0.0327. The number of amides is 3. The monoisotopic (exact) mass is 808 g/mol. The molecule has 3 aliphatic rings. The minimum atomic E-state index is -1.04. The zero-order chi connectivity index (χ0) is 41.4. The number of piperidine rings is 2. The summed E-state index contributed by atoms with van der Waals surface area (Å²) in [5.41, 5.74) is 4.20. The Morgan fingerprint density at radius 3 is 2.53 bits per heavy atom. The normalized spacial score (nSPS) is 19.5. The molecule has 2 aromatic carbocycles. The standard InChI is InChI=1S/C43H46F2N8O6/c1-24-5-4-16-58-41-31(22-46-51(41)3)35-20-28(17-25(2)47-35)39(55)50-43-48-34-8-6-27(21-36(34)53(43)23-24)42(57)59-29-11-14-52(15-12-29)13-10-26-18-32(44)38(33(45)19-26)30-7-9-37(54)49-40(30)56/h6,8,17-22,24,29-30H,4-5,7,9-16,23H2,1-3H3,(H,48,50,55)(H,49,54,56)/t24-,30-/m1/s1. The number of likely N-dealkylation sites (tertiary alicyclic amines) is 1. The average molecular weight is 809 g/mol. The van der Waals surface area contributed by atoms with E-state index in [4.69, 9.17) is 14.5 Å². The number of nitrogens with zero attached hydrogens (tertiary/aromatic N) is 6. The van der Waals surface area contributed by atoms with Crippen LogP contribution in [0.3, 0.4) is 0 Å². The number of imide groups is 1. The van der Waals surface area contributed by atoms with Gasteiger partial charge in [-0.2, -0.15) is 5.10 Å². The number of anilines is 1. The Morgan fingerprint density at radius 2 is 1.76 bits per heavy atom. The van der Waals surface area contributed by atoms with Gasteiger partial charge in [0.2, 0.25) is 23.6 Å². The molecule has 0 unspecified atom stereocenters. The van der Waals surface area contributed by atoms with Crippen molar-refractivity contribution in [1.82, 2.24) is 34.5 Å². The maximum Gasteiger partial charge on any atom is 0.338 e. The molecule has 16 heteroatoms. The Morgan fingerprint density at radius 1 is 0.983 bits per heavy atom. The molecular formula is C43H46F2N8O6. The maximum atomic E-state index is 15.1. The van der Waals surface area contributed by atoms with Crippen LogP contribution in [-0.2, 0) is 34.3 Å². The first-order valence-corrected chi connectivity index (χ1v) is 20.1. The van der Waals surface area contributed by atoms with Crippen molar-refractivity contribution in [1.29, 1.82) is 0 Å². The average Bonchev–Trinajstić information content (AvgIpc) is 3.74. The van der Waals surface area contributed by atoms with Crippen LogP contribution >= 0.6 is 0 Å². The van der Waals surface area contributed by atoms with Gasteiger partial charge in [-0.05, 0) is 99.4 Å². The van der Waals surface area contributed by atoms with Crippen molar-refractivity contribution < 1.29 is 37.4 Å².